The van der Waals surface area contributed by atoms with E-state index in [1.54, 1.807) is 6.07 Å². The fourth-order valence-electron chi connectivity index (χ4n) is 3.91. The SMILES string of the molecule is CNC(=O)C(C)N(CCc1ccccc1)C(=O)CN(c1ccc(Cl)c(C(F)(F)F)c1)S(=O)(=O)c1ccccc1. The molecular formula is C27H27ClF3N3O4S. The van der Waals surface area contributed by atoms with E-state index < -0.39 is 56.9 Å². The van der Waals surface area contributed by atoms with Crippen LogP contribution in [0.2, 0.25) is 5.02 Å². The summed E-state index contributed by atoms with van der Waals surface area (Å²) in [5, 5.41) is 1.85. The molecule has 12 heteroatoms. The second-order valence-corrected chi connectivity index (χ2v) is 10.9. The zero-order chi connectivity index (χ0) is 28.8. The summed E-state index contributed by atoms with van der Waals surface area (Å²) in [5.41, 5.74) is -0.776. The van der Waals surface area contributed by atoms with Gasteiger partial charge in [-0.05, 0) is 49.2 Å². The molecule has 0 aliphatic heterocycles. The zero-order valence-electron chi connectivity index (χ0n) is 21.2. The van der Waals surface area contributed by atoms with Gasteiger partial charge >= 0.3 is 6.18 Å². The molecule has 0 heterocycles. The molecule has 3 aromatic carbocycles. The average molecular weight is 582 g/mol. The Labute approximate surface area is 230 Å². The molecule has 0 aliphatic rings. The van der Waals surface area contributed by atoms with Crippen molar-refractivity contribution >= 4 is 39.1 Å². The number of rotatable bonds is 10. The second-order valence-electron chi connectivity index (χ2n) is 8.60. The molecule has 0 bridgehead atoms. The Balaban J connectivity index is 2.06. The number of sulfonamides is 1. The number of nitrogens with one attached hydrogen (secondary N) is 1. The van der Waals surface area contributed by atoms with Crippen molar-refractivity contribution in [3.05, 3.63) is 95.0 Å². The monoisotopic (exact) mass is 581 g/mol. The van der Waals surface area contributed by atoms with Crippen molar-refractivity contribution in [2.24, 2.45) is 0 Å². The van der Waals surface area contributed by atoms with E-state index in [9.17, 15) is 31.2 Å². The van der Waals surface area contributed by atoms with Gasteiger partial charge in [-0.3, -0.25) is 13.9 Å². The van der Waals surface area contributed by atoms with Crippen molar-refractivity contribution in [3.63, 3.8) is 0 Å². The third kappa shape index (κ3) is 7.30. The van der Waals surface area contributed by atoms with Gasteiger partial charge in [0, 0.05) is 13.6 Å². The van der Waals surface area contributed by atoms with Crippen molar-refractivity contribution < 1.29 is 31.2 Å². The van der Waals surface area contributed by atoms with Crippen LogP contribution in [0.15, 0.2) is 83.8 Å². The first kappa shape index (κ1) is 30.0. The largest absolute Gasteiger partial charge is 0.417 e. The minimum atomic E-state index is -4.87. The molecule has 0 aliphatic carbocycles. The lowest BCUT2D eigenvalue weighted by Gasteiger charge is -2.32. The van der Waals surface area contributed by atoms with Gasteiger partial charge in [-0.25, -0.2) is 8.42 Å². The van der Waals surface area contributed by atoms with Crippen molar-refractivity contribution in [3.8, 4) is 0 Å². The maximum atomic E-state index is 13.6. The quantitative estimate of drug-likeness (QED) is 0.374. The van der Waals surface area contributed by atoms with Gasteiger partial charge in [0.1, 0.15) is 12.6 Å². The van der Waals surface area contributed by atoms with Crippen LogP contribution in [0.5, 0.6) is 0 Å². The first-order valence-electron chi connectivity index (χ1n) is 11.9. The van der Waals surface area contributed by atoms with E-state index in [0.29, 0.717) is 16.8 Å². The van der Waals surface area contributed by atoms with Crippen LogP contribution < -0.4 is 9.62 Å². The van der Waals surface area contributed by atoms with E-state index in [1.807, 2.05) is 30.3 Å². The molecule has 1 atom stereocenters. The Hall–Kier alpha value is -3.57. The van der Waals surface area contributed by atoms with Gasteiger partial charge in [0.05, 0.1) is 21.2 Å². The number of carbonyl (C=O) groups excluding carboxylic acids is 2. The molecule has 0 fully saturated rings. The number of nitrogens with zero attached hydrogens (tertiary/aromatic N) is 2. The minimum absolute atomic E-state index is 0.0606. The van der Waals surface area contributed by atoms with Crippen LogP contribution in [0.3, 0.4) is 0 Å². The van der Waals surface area contributed by atoms with Crippen molar-refractivity contribution in [2.75, 3.05) is 24.4 Å². The van der Waals surface area contributed by atoms with E-state index in [1.165, 1.54) is 43.1 Å². The summed E-state index contributed by atoms with van der Waals surface area (Å²) in [6, 6.07) is 17.8. The standard InChI is InChI=1S/C27H27ClF3N3O4S/c1-19(26(36)32-2)33(16-15-20-9-5-3-6-10-20)25(35)18-34(39(37,38)22-11-7-4-8-12-22)21-13-14-24(28)23(17-21)27(29,30)31/h3-14,17,19H,15-16,18H2,1-2H3,(H,32,36). The molecule has 0 radical (unpaired) electrons. The minimum Gasteiger partial charge on any atom is -0.357 e. The molecule has 1 N–H and O–H groups in total. The Morgan fingerprint density at radius 2 is 1.56 bits per heavy atom. The van der Waals surface area contributed by atoms with Gasteiger partial charge in [0.2, 0.25) is 11.8 Å². The molecule has 3 rings (SSSR count). The van der Waals surface area contributed by atoms with Crippen LogP contribution in [0.4, 0.5) is 18.9 Å². The lowest BCUT2D eigenvalue weighted by molar-refractivity contribution is -0.138. The number of anilines is 1. The van der Waals surface area contributed by atoms with Crippen molar-refractivity contribution in [1.29, 1.82) is 0 Å². The molecular weight excluding hydrogens is 555 g/mol. The van der Waals surface area contributed by atoms with Crippen molar-refractivity contribution in [2.45, 2.75) is 30.5 Å². The molecule has 208 valence electrons. The molecule has 0 aromatic heterocycles. The molecule has 2 amide bonds. The van der Waals surface area contributed by atoms with E-state index >= 15 is 0 Å². The zero-order valence-corrected chi connectivity index (χ0v) is 22.7. The van der Waals surface area contributed by atoms with Crippen LogP contribution in [-0.4, -0.2) is 51.3 Å². The number of halogens is 4. The number of hydrogen-bond donors (Lipinski definition) is 1. The summed E-state index contributed by atoms with van der Waals surface area (Å²) in [6.45, 7) is 0.694. The normalized spacial score (nSPS) is 12.5. The smallest absolute Gasteiger partial charge is 0.357 e. The molecule has 0 saturated heterocycles. The van der Waals surface area contributed by atoms with Crippen LogP contribution in [0, 0.1) is 0 Å². The lowest BCUT2D eigenvalue weighted by Crippen LogP contribution is -2.51. The summed E-state index contributed by atoms with van der Waals surface area (Å²) in [4.78, 5) is 27.1. The van der Waals surface area contributed by atoms with Crippen LogP contribution in [-0.2, 0) is 32.2 Å². The van der Waals surface area contributed by atoms with E-state index in [2.05, 4.69) is 5.32 Å². The predicted octanol–water partition coefficient (Wildman–Crippen LogP) is 4.76. The summed E-state index contributed by atoms with van der Waals surface area (Å²) >= 11 is 5.76. The molecule has 1 unspecified atom stereocenters. The highest BCUT2D eigenvalue weighted by atomic mass is 35.5. The number of carbonyl (C=O) groups is 2. The van der Waals surface area contributed by atoms with E-state index in [0.717, 1.165) is 17.7 Å². The van der Waals surface area contributed by atoms with Gasteiger partial charge in [0.25, 0.3) is 10.0 Å². The first-order valence-corrected chi connectivity index (χ1v) is 13.7. The van der Waals surface area contributed by atoms with Gasteiger partial charge in [-0.15, -0.1) is 0 Å². The predicted molar refractivity (Wildman–Crippen MR) is 143 cm³/mol. The Kier molecular flexibility index (Phi) is 9.63. The van der Waals surface area contributed by atoms with Crippen molar-refractivity contribution in [1.82, 2.24) is 10.2 Å². The number of alkyl halides is 3. The molecule has 7 nitrogen and oxygen atoms in total. The van der Waals surface area contributed by atoms with Crippen LogP contribution >= 0.6 is 11.6 Å². The highest BCUT2D eigenvalue weighted by molar-refractivity contribution is 7.92. The van der Waals surface area contributed by atoms with Gasteiger partial charge in [-0.1, -0.05) is 60.1 Å². The third-order valence-electron chi connectivity index (χ3n) is 6.05. The van der Waals surface area contributed by atoms with Gasteiger partial charge < -0.3 is 10.2 Å². The molecule has 39 heavy (non-hydrogen) atoms. The third-order valence-corrected chi connectivity index (χ3v) is 8.17. The lowest BCUT2D eigenvalue weighted by atomic mass is 10.1. The Morgan fingerprint density at radius 1 is 0.974 bits per heavy atom. The summed E-state index contributed by atoms with van der Waals surface area (Å²) in [5.74, 6) is -1.26. The topological polar surface area (TPSA) is 86.8 Å². The van der Waals surface area contributed by atoms with Gasteiger partial charge in [0.15, 0.2) is 0 Å². The second kappa shape index (κ2) is 12.5. The Morgan fingerprint density at radius 3 is 2.13 bits per heavy atom. The van der Waals surface area contributed by atoms with Gasteiger partial charge in [-0.2, -0.15) is 13.2 Å². The number of benzene rings is 3. The molecule has 0 spiro atoms. The average Bonchev–Trinajstić information content (AvgIpc) is 2.92. The molecule has 3 aromatic rings. The maximum absolute atomic E-state index is 13.6. The van der Waals surface area contributed by atoms with Crippen LogP contribution in [0.25, 0.3) is 0 Å². The number of hydrogen-bond acceptors (Lipinski definition) is 4. The number of amides is 2. The first-order chi connectivity index (χ1) is 18.4. The van der Waals surface area contributed by atoms with E-state index in [4.69, 9.17) is 11.6 Å². The summed E-state index contributed by atoms with van der Waals surface area (Å²) < 4.78 is 68.8. The van der Waals surface area contributed by atoms with E-state index in [-0.39, 0.29) is 11.4 Å². The molecule has 0 saturated carbocycles. The maximum Gasteiger partial charge on any atom is 0.417 e. The highest BCUT2D eigenvalue weighted by Gasteiger charge is 2.36. The highest BCUT2D eigenvalue weighted by Crippen LogP contribution is 2.38. The fourth-order valence-corrected chi connectivity index (χ4v) is 5.56. The fraction of sp³-hybridized carbons (Fsp3) is 0.259. The number of likely N-dealkylation sites (N-methyl/N-ethyl adjacent to an activating group) is 1. The Bertz CT molecular complexity index is 1400. The summed E-state index contributed by atoms with van der Waals surface area (Å²) in [6.07, 6.45) is -4.51. The van der Waals surface area contributed by atoms with Crippen LogP contribution in [0.1, 0.15) is 18.1 Å². The summed E-state index contributed by atoms with van der Waals surface area (Å²) in [7, 11) is -3.10.